The van der Waals surface area contributed by atoms with Gasteiger partial charge >= 0.3 is 0 Å². The fourth-order valence-corrected chi connectivity index (χ4v) is 1.43. The van der Waals surface area contributed by atoms with Crippen LogP contribution in [0, 0.1) is 12.8 Å². The maximum atomic E-state index is 11.6. The molecule has 2 heterocycles. The lowest BCUT2D eigenvalue weighted by Gasteiger charge is -2.25. The molecule has 0 spiro atoms. The number of aryl methyl sites for hydroxylation is 2. The lowest BCUT2D eigenvalue weighted by molar-refractivity contribution is -0.121. The lowest BCUT2D eigenvalue weighted by atomic mass is 10.0. The van der Waals surface area contributed by atoms with E-state index in [4.69, 9.17) is 0 Å². The van der Waals surface area contributed by atoms with Gasteiger partial charge in [0.15, 0.2) is 0 Å². The van der Waals surface area contributed by atoms with Crippen molar-refractivity contribution in [2.75, 3.05) is 18.4 Å². The predicted molar refractivity (Wildman–Crippen MR) is 52.9 cm³/mol. The summed E-state index contributed by atoms with van der Waals surface area (Å²) >= 11 is 0. The number of aromatic nitrogens is 2. The van der Waals surface area contributed by atoms with Crippen molar-refractivity contribution >= 4 is 11.7 Å². The first kappa shape index (κ1) is 9.21. The van der Waals surface area contributed by atoms with Gasteiger partial charge in [0.1, 0.15) is 5.82 Å². The van der Waals surface area contributed by atoms with E-state index < -0.39 is 0 Å². The molecule has 0 aliphatic carbocycles. The average molecular weight is 194 g/mol. The van der Waals surface area contributed by atoms with Crippen LogP contribution in [0.2, 0.25) is 0 Å². The molecule has 2 N–H and O–H groups in total. The molecule has 1 saturated heterocycles. The van der Waals surface area contributed by atoms with Crippen molar-refractivity contribution in [3.63, 3.8) is 0 Å². The summed E-state index contributed by atoms with van der Waals surface area (Å²) in [4.78, 5) is 11.6. The Hall–Kier alpha value is -1.36. The molecule has 0 saturated carbocycles. The monoisotopic (exact) mass is 194 g/mol. The van der Waals surface area contributed by atoms with Crippen molar-refractivity contribution in [3.05, 3.63) is 11.8 Å². The maximum absolute atomic E-state index is 11.6. The Morgan fingerprint density at radius 2 is 2.43 bits per heavy atom. The number of nitrogens with one attached hydrogen (secondary N) is 2. The van der Waals surface area contributed by atoms with Crippen LogP contribution < -0.4 is 10.6 Å². The molecule has 0 aromatic carbocycles. The summed E-state index contributed by atoms with van der Waals surface area (Å²) in [5.41, 5.74) is 0.912. The second-order valence-corrected chi connectivity index (χ2v) is 3.64. The Morgan fingerprint density at radius 1 is 1.71 bits per heavy atom. The van der Waals surface area contributed by atoms with Crippen LogP contribution in [0.15, 0.2) is 6.07 Å². The van der Waals surface area contributed by atoms with Crippen molar-refractivity contribution in [3.8, 4) is 0 Å². The van der Waals surface area contributed by atoms with Gasteiger partial charge in [-0.3, -0.25) is 9.48 Å². The third kappa shape index (κ3) is 1.63. The second-order valence-electron chi connectivity index (χ2n) is 3.64. The zero-order chi connectivity index (χ0) is 10.1. The number of anilines is 1. The average Bonchev–Trinajstić information content (AvgIpc) is 2.26. The van der Waals surface area contributed by atoms with Crippen LogP contribution in [0.3, 0.4) is 0 Å². The van der Waals surface area contributed by atoms with Crippen molar-refractivity contribution < 1.29 is 4.79 Å². The number of hydrogen-bond donors (Lipinski definition) is 2. The predicted octanol–water partition coefficient (Wildman–Crippen LogP) is -0.114. The first-order chi connectivity index (χ1) is 6.66. The lowest BCUT2D eigenvalue weighted by Crippen LogP contribution is -2.48. The first-order valence-corrected chi connectivity index (χ1v) is 4.69. The van der Waals surface area contributed by atoms with Crippen LogP contribution in [0.25, 0.3) is 0 Å². The highest BCUT2D eigenvalue weighted by atomic mass is 16.2. The van der Waals surface area contributed by atoms with E-state index in [-0.39, 0.29) is 11.8 Å². The summed E-state index contributed by atoms with van der Waals surface area (Å²) in [5, 5.41) is 10.1. The van der Waals surface area contributed by atoms with E-state index >= 15 is 0 Å². The Kier molecular flexibility index (Phi) is 2.25. The molecule has 14 heavy (non-hydrogen) atoms. The number of carbonyl (C=O) groups is 1. The number of carbonyl (C=O) groups excluding carboxylic acids is 1. The Bertz CT molecular complexity index is 354. The van der Waals surface area contributed by atoms with Crippen LogP contribution >= 0.6 is 0 Å². The third-order valence-corrected chi connectivity index (χ3v) is 2.41. The second kappa shape index (κ2) is 3.42. The van der Waals surface area contributed by atoms with E-state index in [0.717, 1.165) is 24.6 Å². The zero-order valence-electron chi connectivity index (χ0n) is 8.37. The normalized spacial score (nSPS) is 16.4. The maximum Gasteiger partial charge on any atom is 0.231 e. The van der Waals surface area contributed by atoms with Crippen LogP contribution in [0.1, 0.15) is 5.69 Å². The largest absolute Gasteiger partial charge is 0.315 e. The minimum atomic E-state index is 0.0757. The highest BCUT2D eigenvalue weighted by molar-refractivity contribution is 5.92. The minimum Gasteiger partial charge on any atom is -0.315 e. The van der Waals surface area contributed by atoms with E-state index in [9.17, 15) is 4.79 Å². The molecule has 1 aliphatic heterocycles. The van der Waals surface area contributed by atoms with Gasteiger partial charge in [-0.25, -0.2) is 0 Å². The molecular formula is C9H14N4O. The van der Waals surface area contributed by atoms with E-state index in [1.165, 1.54) is 0 Å². The van der Waals surface area contributed by atoms with Gasteiger partial charge in [-0.2, -0.15) is 5.10 Å². The summed E-state index contributed by atoms with van der Waals surface area (Å²) in [6, 6.07) is 1.87. The summed E-state index contributed by atoms with van der Waals surface area (Å²) in [7, 11) is 1.82. The van der Waals surface area contributed by atoms with Crippen LogP contribution in [0.5, 0.6) is 0 Å². The smallest absolute Gasteiger partial charge is 0.231 e. The van der Waals surface area contributed by atoms with Gasteiger partial charge in [0.25, 0.3) is 0 Å². The third-order valence-electron chi connectivity index (χ3n) is 2.41. The highest BCUT2D eigenvalue weighted by Crippen LogP contribution is 2.11. The molecule has 0 unspecified atom stereocenters. The Labute approximate surface area is 82.5 Å². The molecule has 76 valence electrons. The quantitative estimate of drug-likeness (QED) is 0.690. The minimum absolute atomic E-state index is 0.0757. The topological polar surface area (TPSA) is 59.0 Å². The fourth-order valence-electron chi connectivity index (χ4n) is 1.43. The summed E-state index contributed by atoms with van der Waals surface area (Å²) in [5.74, 6) is 0.955. The Morgan fingerprint density at radius 3 is 2.86 bits per heavy atom. The number of amides is 1. The van der Waals surface area contributed by atoms with Crippen molar-refractivity contribution in [1.29, 1.82) is 0 Å². The standard InChI is InChI=1S/C9H14N4O/c1-6-3-8(13(2)12-6)11-9(14)7-4-10-5-7/h3,7,10H,4-5H2,1-2H3,(H,11,14). The van der Waals surface area contributed by atoms with Gasteiger partial charge in [0.2, 0.25) is 5.91 Å². The van der Waals surface area contributed by atoms with Gasteiger partial charge < -0.3 is 10.6 Å². The fraction of sp³-hybridized carbons (Fsp3) is 0.556. The summed E-state index contributed by atoms with van der Waals surface area (Å²) in [6.07, 6.45) is 0. The van der Waals surface area contributed by atoms with Crippen molar-refractivity contribution in [2.24, 2.45) is 13.0 Å². The van der Waals surface area contributed by atoms with Gasteiger partial charge in [0.05, 0.1) is 11.6 Å². The molecule has 5 nitrogen and oxygen atoms in total. The SMILES string of the molecule is Cc1cc(NC(=O)C2CNC2)n(C)n1. The molecule has 2 rings (SSSR count). The summed E-state index contributed by atoms with van der Waals surface area (Å²) in [6.45, 7) is 3.46. The number of nitrogens with zero attached hydrogens (tertiary/aromatic N) is 2. The summed E-state index contributed by atoms with van der Waals surface area (Å²) < 4.78 is 1.68. The molecule has 1 fully saturated rings. The van der Waals surface area contributed by atoms with Crippen molar-refractivity contribution in [1.82, 2.24) is 15.1 Å². The van der Waals surface area contributed by atoms with E-state index in [2.05, 4.69) is 15.7 Å². The molecular weight excluding hydrogens is 180 g/mol. The van der Waals surface area contributed by atoms with Crippen LogP contribution in [-0.4, -0.2) is 28.8 Å². The van der Waals surface area contributed by atoms with Crippen LogP contribution in [0.4, 0.5) is 5.82 Å². The number of rotatable bonds is 2. The van der Waals surface area contributed by atoms with E-state index in [1.807, 2.05) is 20.0 Å². The molecule has 1 aliphatic rings. The first-order valence-electron chi connectivity index (χ1n) is 4.69. The molecule has 0 bridgehead atoms. The van der Waals surface area contributed by atoms with Crippen molar-refractivity contribution in [2.45, 2.75) is 6.92 Å². The number of hydrogen-bond acceptors (Lipinski definition) is 3. The molecule has 5 heteroatoms. The van der Waals surface area contributed by atoms with Gasteiger partial charge in [-0.1, -0.05) is 0 Å². The highest BCUT2D eigenvalue weighted by Gasteiger charge is 2.25. The van der Waals surface area contributed by atoms with Gasteiger partial charge in [-0.05, 0) is 6.92 Å². The molecule has 0 radical (unpaired) electrons. The molecule has 0 atom stereocenters. The zero-order valence-corrected chi connectivity index (χ0v) is 8.37. The van der Waals surface area contributed by atoms with Gasteiger partial charge in [-0.15, -0.1) is 0 Å². The molecule has 1 aromatic heterocycles. The van der Waals surface area contributed by atoms with E-state index in [1.54, 1.807) is 4.68 Å². The molecule has 1 aromatic rings. The van der Waals surface area contributed by atoms with E-state index in [0.29, 0.717) is 0 Å². The Balaban J connectivity index is 2.02. The molecule has 1 amide bonds. The van der Waals surface area contributed by atoms with Crippen LogP contribution in [-0.2, 0) is 11.8 Å². The van der Waals surface area contributed by atoms with Gasteiger partial charge in [0, 0.05) is 26.2 Å².